The van der Waals surface area contributed by atoms with E-state index in [1.165, 1.54) is 0 Å². The van der Waals surface area contributed by atoms with Crippen molar-refractivity contribution in [1.29, 1.82) is 0 Å². The molecule has 0 aliphatic heterocycles. The van der Waals surface area contributed by atoms with E-state index in [9.17, 15) is 9.90 Å². The molecule has 0 aromatic carbocycles. The molecule has 1 amide bonds. The minimum atomic E-state index is -0.636. The van der Waals surface area contributed by atoms with Gasteiger partial charge in [0.25, 0.3) is 0 Å². The SMILES string of the molecule is CC(C)NC(C)(CCCSC(C)C(C)O)C(N)=O. The first kappa shape index (κ1) is 17.7. The van der Waals surface area contributed by atoms with E-state index < -0.39 is 5.54 Å². The average Bonchev–Trinajstić information content (AvgIpc) is 2.22. The first-order valence-electron chi connectivity index (χ1n) is 6.56. The summed E-state index contributed by atoms with van der Waals surface area (Å²) >= 11 is 1.73. The zero-order chi connectivity index (χ0) is 14.3. The van der Waals surface area contributed by atoms with Crippen LogP contribution in [-0.4, -0.2) is 39.7 Å². The van der Waals surface area contributed by atoms with Gasteiger partial charge in [-0.2, -0.15) is 11.8 Å². The Morgan fingerprint density at radius 2 is 1.94 bits per heavy atom. The van der Waals surface area contributed by atoms with Crippen LogP contribution in [0.3, 0.4) is 0 Å². The molecule has 0 heterocycles. The number of hydrogen-bond acceptors (Lipinski definition) is 4. The van der Waals surface area contributed by atoms with Gasteiger partial charge < -0.3 is 16.2 Å². The lowest BCUT2D eigenvalue weighted by Crippen LogP contribution is -2.55. The van der Waals surface area contributed by atoms with E-state index in [4.69, 9.17) is 5.73 Å². The predicted octanol–water partition coefficient (Wildman–Crippen LogP) is 1.51. The van der Waals surface area contributed by atoms with Crippen molar-refractivity contribution < 1.29 is 9.90 Å². The molecule has 0 spiro atoms. The Morgan fingerprint density at radius 3 is 2.33 bits per heavy atom. The molecule has 5 heteroatoms. The number of carbonyl (C=O) groups is 1. The van der Waals surface area contributed by atoms with Gasteiger partial charge in [0.05, 0.1) is 11.6 Å². The van der Waals surface area contributed by atoms with Crippen LogP contribution < -0.4 is 11.1 Å². The van der Waals surface area contributed by atoms with Gasteiger partial charge in [0.2, 0.25) is 5.91 Å². The lowest BCUT2D eigenvalue weighted by molar-refractivity contribution is -0.124. The highest BCUT2D eigenvalue weighted by Gasteiger charge is 2.30. The topological polar surface area (TPSA) is 75.3 Å². The number of nitrogens with two attached hydrogens (primary N) is 1. The monoisotopic (exact) mass is 276 g/mol. The number of aliphatic hydroxyl groups is 1. The molecule has 0 rings (SSSR count). The zero-order valence-electron chi connectivity index (χ0n) is 12.2. The maximum Gasteiger partial charge on any atom is 0.237 e. The van der Waals surface area contributed by atoms with Crippen LogP contribution in [0, 0.1) is 0 Å². The number of thioether (sulfide) groups is 1. The van der Waals surface area contributed by atoms with Crippen LogP contribution in [0.25, 0.3) is 0 Å². The third-order valence-corrected chi connectivity index (χ3v) is 4.48. The molecular weight excluding hydrogens is 248 g/mol. The fourth-order valence-corrected chi connectivity index (χ4v) is 2.70. The number of primary amides is 1. The highest BCUT2D eigenvalue weighted by molar-refractivity contribution is 7.99. The van der Waals surface area contributed by atoms with E-state index in [-0.39, 0.29) is 23.3 Å². The normalized spacial score (nSPS) is 18.4. The number of aliphatic hydroxyl groups excluding tert-OH is 1. The van der Waals surface area contributed by atoms with Gasteiger partial charge in [0.15, 0.2) is 0 Å². The Balaban J connectivity index is 4.10. The smallest absolute Gasteiger partial charge is 0.237 e. The molecule has 4 nitrogen and oxygen atoms in total. The maximum atomic E-state index is 11.5. The molecule has 108 valence electrons. The second kappa shape index (κ2) is 8.02. The number of nitrogens with one attached hydrogen (secondary N) is 1. The summed E-state index contributed by atoms with van der Waals surface area (Å²) in [6, 6.07) is 0.228. The van der Waals surface area contributed by atoms with Crippen LogP contribution in [0.4, 0.5) is 0 Å². The van der Waals surface area contributed by atoms with E-state index >= 15 is 0 Å². The van der Waals surface area contributed by atoms with Crippen molar-refractivity contribution in [1.82, 2.24) is 5.32 Å². The lowest BCUT2D eigenvalue weighted by atomic mass is 9.94. The average molecular weight is 276 g/mol. The molecule has 0 saturated heterocycles. The van der Waals surface area contributed by atoms with Crippen LogP contribution in [0.2, 0.25) is 0 Å². The number of carbonyl (C=O) groups excluding carboxylic acids is 1. The molecule has 0 saturated carbocycles. The summed E-state index contributed by atoms with van der Waals surface area (Å²) in [5.74, 6) is 0.624. The third kappa shape index (κ3) is 6.61. The first-order chi connectivity index (χ1) is 8.19. The summed E-state index contributed by atoms with van der Waals surface area (Å²) in [4.78, 5) is 11.5. The second-order valence-corrected chi connectivity index (χ2v) is 6.90. The van der Waals surface area contributed by atoms with Crippen molar-refractivity contribution in [2.45, 2.75) is 70.4 Å². The van der Waals surface area contributed by atoms with Crippen molar-refractivity contribution in [3.63, 3.8) is 0 Å². The molecular formula is C13H28N2O2S. The maximum absolute atomic E-state index is 11.5. The van der Waals surface area contributed by atoms with Crippen molar-refractivity contribution in [3.05, 3.63) is 0 Å². The van der Waals surface area contributed by atoms with Crippen LogP contribution in [0.1, 0.15) is 47.5 Å². The quantitative estimate of drug-likeness (QED) is 0.558. The fraction of sp³-hybridized carbons (Fsp3) is 0.923. The van der Waals surface area contributed by atoms with E-state index in [1.54, 1.807) is 18.7 Å². The van der Waals surface area contributed by atoms with Crippen molar-refractivity contribution in [2.24, 2.45) is 5.73 Å². The van der Waals surface area contributed by atoms with Gasteiger partial charge >= 0.3 is 0 Å². The molecule has 0 fully saturated rings. The van der Waals surface area contributed by atoms with Crippen molar-refractivity contribution >= 4 is 17.7 Å². The molecule has 0 aliphatic carbocycles. The second-order valence-electron chi connectivity index (χ2n) is 5.42. The fourth-order valence-electron chi connectivity index (χ4n) is 1.74. The number of hydrogen-bond donors (Lipinski definition) is 3. The first-order valence-corrected chi connectivity index (χ1v) is 7.61. The van der Waals surface area contributed by atoms with Gasteiger partial charge in [-0.05, 0) is 46.3 Å². The molecule has 0 bridgehead atoms. The molecule has 4 N–H and O–H groups in total. The summed E-state index contributed by atoms with van der Waals surface area (Å²) < 4.78 is 0. The third-order valence-electron chi connectivity index (χ3n) is 3.03. The zero-order valence-corrected chi connectivity index (χ0v) is 13.0. The van der Waals surface area contributed by atoms with Gasteiger partial charge in [0.1, 0.15) is 0 Å². The molecule has 0 aliphatic rings. The molecule has 0 aromatic heterocycles. The Bertz CT molecular complexity index is 259. The van der Waals surface area contributed by atoms with Gasteiger partial charge in [-0.1, -0.05) is 6.92 Å². The van der Waals surface area contributed by atoms with E-state index in [0.29, 0.717) is 0 Å². The molecule has 3 unspecified atom stereocenters. The van der Waals surface area contributed by atoms with Crippen molar-refractivity contribution in [3.8, 4) is 0 Å². The van der Waals surface area contributed by atoms with Crippen LogP contribution in [-0.2, 0) is 4.79 Å². The molecule has 18 heavy (non-hydrogen) atoms. The summed E-state index contributed by atoms with van der Waals surface area (Å²) in [7, 11) is 0. The van der Waals surface area contributed by atoms with E-state index in [0.717, 1.165) is 18.6 Å². The van der Waals surface area contributed by atoms with Crippen LogP contribution in [0.5, 0.6) is 0 Å². The molecule has 0 aromatic rings. The van der Waals surface area contributed by atoms with Crippen molar-refractivity contribution in [2.75, 3.05) is 5.75 Å². The largest absolute Gasteiger partial charge is 0.392 e. The number of amides is 1. The van der Waals surface area contributed by atoms with E-state index in [2.05, 4.69) is 5.32 Å². The van der Waals surface area contributed by atoms with Gasteiger partial charge in [0, 0.05) is 11.3 Å². The van der Waals surface area contributed by atoms with E-state index in [1.807, 2.05) is 27.7 Å². The standard InChI is InChI=1S/C13H28N2O2S/c1-9(2)15-13(5,12(14)17)7-6-8-18-11(4)10(3)16/h9-11,15-16H,6-8H2,1-5H3,(H2,14,17). The Morgan fingerprint density at radius 1 is 1.39 bits per heavy atom. The predicted molar refractivity (Wildman–Crippen MR) is 78.7 cm³/mol. The lowest BCUT2D eigenvalue weighted by Gasteiger charge is -2.30. The molecule has 0 radical (unpaired) electrons. The summed E-state index contributed by atoms with van der Waals surface area (Å²) in [5, 5.41) is 12.8. The minimum absolute atomic E-state index is 0.225. The Kier molecular flexibility index (Phi) is 7.90. The highest BCUT2D eigenvalue weighted by atomic mass is 32.2. The Labute approximate surface area is 115 Å². The molecule has 3 atom stereocenters. The number of rotatable bonds is 9. The van der Waals surface area contributed by atoms with Gasteiger partial charge in [-0.25, -0.2) is 0 Å². The minimum Gasteiger partial charge on any atom is -0.392 e. The van der Waals surface area contributed by atoms with Gasteiger partial charge in [-0.3, -0.25) is 4.79 Å². The van der Waals surface area contributed by atoms with Crippen LogP contribution in [0.15, 0.2) is 0 Å². The van der Waals surface area contributed by atoms with Gasteiger partial charge in [-0.15, -0.1) is 0 Å². The summed E-state index contributed by atoms with van der Waals surface area (Å²) in [6.07, 6.45) is 1.33. The summed E-state index contributed by atoms with van der Waals surface area (Å²) in [6.45, 7) is 9.68. The highest BCUT2D eigenvalue weighted by Crippen LogP contribution is 2.19. The summed E-state index contributed by atoms with van der Waals surface area (Å²) in [5.41, 5.74) is 4.83. The van der Waals surface area contributed by atoms with Crippen LogP contribution >= 0.6 is 11.8 Å². The Hall–Kier alpha value is -0.260.